The van der Waals surface area contributed by atoms with Crippen LogP contribution in [0.2, 0.25) is 0 Å². The van der Waals surface area contributed by atoms with Crippen molar-refractivity contribution in [3.8, 4) is 0 Å². The molecule has 0 bridgehead atoms. The Morgan fingerprint density at radius 1 is 1.47 bits per heavy atom. The van der Waals surface area contributed by atoms with Crippen LogP contribution in [0.15, 0.2) is 17.1 Å². The van der Waals surface area contributed by atoms with Crippen molar-refractivity contribution in [2.24, 2.45) is 5.92 Å². The van der Waals surface area contributed by atoms with Gasteiger partial charge in [0.25, 0.3) is 5.56 Å². The van der Waals surface area contributed by atoms with Crippen LogP contribution < -0.4 is 5.56 Å². The van der Waals surface area contributed by atoms with Crippen LogP contribution in [-0.4, -0.2) is 35.1 Å². The van der Waals surface area contributed by atoms with E-state index in [2.05, 4.69) is 23.7 Å². The highest BCUT2D eigenvalue weighted by atomic mass is 32.1. The van der Waals surface area contributed by atoms with Crippen molar-refractivity contribution in [3.05, 3.63) is 27.4 Å². The highest BCUT2D eigenvalue weighted by molar-refractivity contribution is 7.71. The van der Waals surface area contributed by atoms with Crippen LogP contribution >= 0.6 is 12.2 Å². The van der Waals surface area contributed by atoms with Gasteiger partial charge in [-0.15, -0.1) is 0 Å². The summed E-state index contributed by atoms with van der Waals surface area (Å²) in [6.45, 7) is 5.30. The second-order valence-corrected chi connectivity index (χ2v) is 5.45. The molecule has 4 nitrogen and oxygen atoms in total. The minimum Gasteiger partial charge on any atom is -0.321 e. The van der Waals surface area contributed by atoms with Crippen molar-refractivity contribution in [2.45, 2.75) is 26.3 Å². The molecule has 0 spiro atoms. The molecule has 1 rings (SSSR count). The van der Waals surface area contributed by atoms with Gasteiger partial charge in [0.2, 0.25) is 0 Å². The molecule has 1 aromatic rings. The van der Waals surface area contributed by atoms with E-state index in [4.69, 9.17) is 12.2 Å². The molecule has 1 aromatic heterocycles. The van der Waals surface area contributed by atoms with Crippen LogP contribution in [0.4, 0.5) is 0 Å². The van der Waals surface area contributed by atoms with Crippen molar-refractivity contribution in [2.75, 3.05) is 20.6 Å². The van der Waals surface area contributed by atoms with Crippen molar-refractivity contribution in [3.63, 3.8) is 0 Å². The summed E-state index contributed by atoms with van der Waals surface area (Å²) in [6, 6.07) is 1.83. The Bertz CT molecular complexity index is 451. The van der Waals surface area contributed by atoms with Crippen LogP contribution in [0, 0.1) is 10.7 Å². The first kappa shape index (κ1) is 14.1. The van der Waals surface area contributed by atoms with Gasteiger partial charge in [-0.1, -0.05) is 13.8 Å². The first-order valence-electron chi connectivity index (χ1n) is 5.86. The molecule has 0 saturated carbocycles. The van der Waals surface area contributed by atoms with Gasteiger partial charge in [0, 0.05) is 24.8 Å². The Morgan fingerprint density at radius 2 is 2.12 bits per heavy atom. The predicted molar refractivity (Wildman–Crippen MR) is 72.9 cm³/mol. The van der Waals surface area contributed by atoms with Crippen LogP contribution in [0.5, 0.6) is 0 Å². The Morgan fingerprint density at radius 3 is 2.59 bits per heavy atom. The van der Waals surface area contributed by atoms with E-state index in [1.54, 1.807) is 6.20 Å². The summed E-state index contributed by atoms with van der Waals surface area (Å²) in [4.78, 5) is 16.0. The Labute approximate surface area is 107 Å². The molecule has 1 atom stereocenters. The lowest BCUT2D eigenvalue weighted by molar-refractivity contribution is 0.284. The summed E-state index contributed by atoms with van der Waals surface area (Å²) in [5, 5.41) is 0. The van der Waals surface area contributed by atoms with Crippen molar-refractivity contribution >= 4 is 12.2 Å². The maximum atomic E-state index is 11.2. The fraction of sp³-hybridized carbons (Fsp3) is 0.667. The molecule has 0 aliphatic carbocycles. The van der Waals surface area contributed by atoms with E-state index in [1.807, 2.05) is 18.7 Å². The molecular formula is C12H21N3OS. The minimum atomic E-state index is -0.139. The van der Waals surface area contributed by atoms with E-state index < -0.39 is 0 Å². The normalized spacial score (nSPS) is 13.3. The number of aromatic amines is 1. The third kappa shape index (κ3) is 4.44. The van der Waals surface area contributed by atoms with Gasteiger partial charge in [0.1, 0.15) is 0 Å². The van der Waals surface area contributed by atoms with E-state index in [0.717, 1.165) is 13.0 Å². The zero-order valence-electron chi connectivity index (χ0n) is 10.9. The fourth-order valence-electron chi connectivity index (χ4n) is 1.96. The zero-order chi connectivity index (χ0) is 13.0. The van der Waals surface area contributed by atoms with Crippen LogP contribution in [-0.2, 0) is 0 Å². The van der Waals surface area contributed by atoms with Gasteiger partial charge in [-0.25, -0.2) is 0 Å². The molecule has 17 heavy (non-hydrogen) atoms. The van der Waals surface area contributed by atoms with E-state index in [-0.39, 0.29) is 5.56 Å². The topological polar surface area (TPSA) is 41.0 Å². The molecule has 0 aliphatic heterocycles. The quantitative estimate of drug-likeness (QED) is 0.819. The molecular weight excluding hydrogens is 234 g/mol. The number of hydrogen-bond acceptors (Lipinski definition) is 3. The molecule has 0 saturated heterocycles. The second kappa shape index (κ2) is 6.12. The van der Waals surface area contributed by atoms with Crippen LogP contribution in [0.25, 0.3) is 0 Å². The van der Waals surface area contributed by atoms with Gasteiger partial charge < -0.3 is 9.47 Å². The Hall–Kier alpha value is -0.940. The molecule has 0 aliphatic rings. The number of aromatic nitrogens is 2. The summed E-state index contributed by atoms with van der Waals surface area (Å²) in [5.74, 6) is 0.591. The van der Waals surface area contributed by atoms with Crippen molar-refractivity contribution < 1.29 is 0 Å². The molecule has 0 fully saturated rings. The lowest BCUT2D eigenvalue weighted by Crippen LogP contribution is -2.27. The fourth-order valence-corrected chi connectivity index (χ4v) is 2.27. The number of H-pyrrole nitrogens is 1. The van der Waals surface area contributed by atoms with Gasteiger partial charge in [-0.05, 0) is 38.7 Å². The Kier molecular flexibility index (Phi) is 5.08. The monoisotopic (exact) mass is 255 g/mol. The van der Waals surface area contributed by atoms with Gasteiger partial charge in [-0.3, -0.25) is 9.78 Å². The summed E-state index contributed by atoms with van der Waals surface area (Å²) < 4.78 is 2.49. The molecule has 0 amide bonds. The van der Waals surface area contributed by atoms with Crippen molar-refractivity contribution in [1.29, 1.82) is 0 Å². The average Bonchev–Trinajstić information content (AvgIpc) is 2.14. The predicted octanol–water partition coefficient (Wildman–Crippen LogP) is 2.05. The van der Waals surface area contributed by atoms with Gasteiger partial charge in [-0.2, -0.15) is 0 Å². The first-order valence-corrected chi connectivity index (χ1v) is 6.27. The molecule has 96 valence electrons. The largest absolute Gasteiger partial charge is 0.321 e. The van der Waals surface area contributed by atoms with Crippen LogP contribution in [0.1, 0.15) is 26.3 Å². The zero-order valence-corrected chi connectivity index (χ0v) is 11.8. The lowest BCUT2D eigenvalue weighted by Gasteiger charge is -2.25. The standard InChI is InChI=1S/C12H21N3OS/c1-9(2)7-10(8-14(3)4)15-6-5-11(16)13-12(15)17/h5-6,9-10H,7-8H2,1-4H3,(H,13,16,17). The summed E-state index contributed by atoms with van der Waals surface area (Å²) in [5.41, 5.74) is -0.139. The summed E-state index contributed by atoms with van der Waals surface area (Å²) in [6.07, 6.45) is 2.83. The molecule has 1 unspecified atom stereocenters. The SMILES string of the molecule is CC(C)CC(CN(C)C)n1ccc(=O)[nH]c1=S. The van der Waals surface area contributed by atoms with E-state index in [9.17, 15) is 4.79 Å². The minimum absolute atomic E-state index is 0.139. The summed E-state index contributed by atoms with van der Waals surface area (Å²) in [7, 11) is 4.09. The molecule has 1 heterocycles. The first-order chi connectivity index (χ1) is 7.90. The highest BCUT2D eigenvalue weighted by Gasteiger charge is 2.14. The third-order valence-corrected chi connectivity index (χ3v) is 2.88. The van der Waals surface area contributed by atoms with E-state index in [1.165, 1.54) is 6.07 Å². The van der Waals surface area contributed by atoms with Crippen molar-refractivity contribution in [1.82, 2.24) is 14.5 Å². The van der Waals surface area contributed by atoms with E-state index in [0.29, 0.717) is 16.7 Å². The van der Waals surface area contributed by atoms with Gasteiger partial charge in [0.15, 0.2) is 4.77 Å². The molecule has 1 N–H and O–H groups in total. The van der Waals surface area contributed by atoms with Crippen LogP contribution in [0.3, 0.4) is 0 Å². The Balaban J connectivity index is 3.03. The van der Waals surface area contributed by atoms with Gasteiger partial charge >= 0.3 is 0 Å². The molecule has 0 aromatic carbocycles. The number of rotatable bonds is 5. The lowest BCUT2D eigenvalue weighted by atomic mass is 10.0. The summed E-state index contributed by atoms with van der Waals surface area (Å²) >= 11 is 5.21. The molecule has 5 heteroatoms. The highest BCUT2D eigenvalue weighted by Crippen LogP contribution is 2.17. The van der Waals surface area contributed by atoms with Gasteiger partial charge in [0.05, 0.1) is 0 Å². The number of likely N-dealkylation sites (N-methyl/N-ethyl adjacent to an activating group) is 1. The second-order valence-electron chi connectivity index (χ2n) is 5.06. The van der Waals surface area contributed by atoms with E-state index >= 15 is 0 Å². The maximum absolute atomic E-state index is 11.2. The average molecular weight is 255 g/mol. The molecule has 0 radical (unpaired) electrons. The smallest absolute Gasteiger partial charge is 0.251 e. The maximum Gasteiger partial charge on any atom is 0.251 e. The number of nitrogens with one attached hydrogen (secondary N) is 1. The third-order valence-electron chi connectivity index (χ3n) is 2.56. The number of hydrogen-bond donors (Lipinski definition) is 1. The number of nitrogens with zero attached hydrogens (tertiary/aromatic N) is 2.